The number of aromatic nitrogens is 2. The van der Waals surface area contributed by atoms with Crippen LogP contribution in [0.1, 0.15) is 23.3 Å². The fraction of sp³-hybridized carbons (Fsp3) is 0.467. The van der Waals surface area contributed by atoms with Crippen molar-refractivity contribution in [2.24, 2.45) is 0 Å². The topological polar surface area (TPSA) is 71.4 Å². The summed E-state index contributed by atoms with van der Waals surface area (Å²) in [5.74, 6) is 0.891. The number of aryl methyl sites for hydroxylation is 1. The van der Waals surface area contributed by atoms with Crippen molar-refractivity contribution in [1.82, 2.24) is 19.9 Å². The molecule has 7 heteroatoms. The van der Waals surface area contributed by atoms with Crippen LogP contribution in [-0.2, 0) is 6.54 Å². The van der Waals surface area contributed by atoms with Crippen molar-refractivity contribution < 1.29 is 8.91 Å². The molecule has 1 aromatic carbocycles. The highest BCUT2D eigenvalue weighted by Gasteiger charge is 2.30. The number of piperazine rings is 1. The maximum atomic E-state index is 13.6. The summed E-state index contributed by atoms with van der Waals surface area (Å²) in [6.45, 7) is 4.92. The smallest absolute Gasteiger partial charge is 0.245 e. The van der Waals surface area contributed by atoms with Crippen molar-refractivity contribution in [2.45, 2.75) is 19.5 Å². The lowest BCUT2D eigenvalue weighted by atomic mass is 10.1. The summed E-state index contributed by atoms with van der Waals surface area (Å²) in [6, 6.07) is 4.98. The van der Waals surface area contributed by atoms with Crippen LogP contribution in [-0.4, -0.2) is 46.6 Å². The molecule has 1 atom stereocenters. The van der Waals surface area contributed by atoms with Gasteiger partial charge in [0, 0.05) is 26.2 Å². The normalized spacial score (nSPS) is 20.4. The zero-order valence-electron chi connectivity index (χ0n) is 12.8. The van der Waals surface area contributed by atoms with E-state index >= 15 is 0 Å². The number of benzene rings is 1. The fourth-order valence-corrected chi connectivity index (χ4v) is 2.75. The zero-order chi connectivity index (χ0) is 15.7. The van der Waals surface area contributed by atoms with Gasteiger partial charge in [0.2, 0.25) is 5.89 Å². The summed E-state index contributed by atoms with van der Waals surface area (Å²) in [4.78, 5) is 8.75. The predicted molar refractivity (Wildman–Crippen MR) is 80.5 cm³/mol. The van der Waals surface area contributed by atoms with Crippen molar-refractivity contribution in [3.05, 3.63) is 41.3 Å². The average Bonchev–Trinajstić information content (AvgIpc) is 2.92. The molecule has 2 heterocycles. The van der Waals surface area contributed by atoms with Gasteiger partial charge in [-0.1, -0.05) is 17.3 Å². The van der Waals surface area contributed by atoms with Gasteiger partial charge in [0.05, 0.1) is 5.69 Å². The lowest BCUT2D eigenvalue weighted by Crippen LogP contribution is -2.46. The second kappa shape index (κ2) is 6.02. The van der Waals surface area contributed by atoms with Crippen LogP contribution in [0.15, 0.2) is 22.7 Å². The summed E-state index contributed by atoms with van der Waals surface area (Å²) in [5.41, 5.74) is 6.86. The third-order valence-electron chi connectivity index (χ3n) is 4.10. The third-order valence-corrected chi connectivity index (χ3v) is 4.10. The summed E-state index contributed by atoms with van der Waals surface area (Å²) < 4.78 is 18.9. The molecule has 2 N–H and O–H groups in total. The Morgan fingerprint density at radius 2 is 2.23 bits per heavy atom. The standard InChI is InChI=1S/C15H20FN5O/c1-10-18-15(22-19-10)13-9-21(7-6-20(13)2)8-11-4-3-5-12(16)14(11)17/h3-5,13H,6-9,17H2,1-2H3/t13-/m1/s1. The first-order chi connectivity index (χ1) is 10.5. The molecule has 1 aliphatic rings. The Morgan fingerprint density at radius 1 is 1.41 bits per heavy atom. The molecule has 1 aromatic heterocycles. The molecule has 1 aliphatic heterocycles. The van der Waals surface area contributed by atoms with Gasteiger partial charge in [-0.15, -0.1) is 0 Å². The first-order valence-electron chi connectivity index (χ1n) is 7.30. The molecule has 118 valence electrons. The number of para-hydroxylation sites is 1. The van der Waals surface area contributed by atoms with Gasteiger partial charge in [0.15, 0.2) is 5.82 Å². The summed E-state index contributed by atoms with van der Waals surface area (Å²) >= 11 is 0. The van der Waals surface area contributed by atoms with Crippen LogP contribution in [0.25, 0.3) is 0 Å². The van der Waals surface area contributed by atoms with Gasteiger partial charge in [0.25, 0.3) is 0 Å². The van der Waals surface area contributed by atoms with Crippen LogP contribution in [0.5, 0.6) is 0 Å². The maximum absolute atomic E-state index is 13.6. The van der Waals surface area contributed by atoms with Crippen LogP contribution in [0.2, 0.25) is 0 Å². The van der Waals surface area contributed by atoms with E-state index in [-0.39, 0.29) is 17.5 Å². The molecule has 0 radical (unpaired) electrons. The largest absolute Gasteiger partial charge is 0.396 e. The number of nitrogen functional groups attached to an aromatic ring is 1. The SMILES string of the molecule is Cc1noc([C@H]2CN(Cc3cccc(F)c3N)CCN2C)n1. The highest BCUT2D eigenvalue weighted by atomic mass is 19.1. The summed E-state index contributed by atoms with van der Waals surface area (Å²) in [7, 11) is 2.04. The molecule has 2 aromatic rings. The molecule has 0 spiro atoms. The molecule has 6 nitrogen and oxygen atoms in total. The number of likely N-dealkylation sites (N-methyl/N-ethyl adjacent to an activating group) is 1. The minimum Gasteiger partial charge on any atom is -0.396 e. The van der Waals surface area contributed by atoms with E-state index in [0.29, 0.717) is 18.3 Å². The summed E-state index contributed by atoms with van der Waals surface area (Å²) in [6.07, 6.45) is 0. The van der Waals surface area contributed by atoms with E-state index in [1.54, 1.807) is 13.0 Å². The van der Waals surface area contributed by atoms with Gasteiger partial charge >= 0.3 is 0 Å². The Bertz CT molecular complexity index is 659. The lowest BCUT2D eigenvalue weighted by Gasteiger charge is -2.37. The van der Waals surface area contributed by atoms with Crippen molar-refractivity contribution in [2.75, 3.05) is 32.4 Å². The van der Waals surface area contributed by atoms with Crippen molar-refractivity contribution >= 4 is 5.69 Å². The molecule has 1 fully saturated rings. The molecule has 0 saturated carbocycles. The first-order valence-corrected chi connectivity index (χ1v) is 7.30. The van der Waals surface area contributed by atoms with Crippen LogP contribution in [0.4, 0.5) is 10.1 Å². The molecule has 0 amide bonds. The molecule has 0 aliphatic carbocycles. The third kappa shape index (κ3) is 2.95. The number of halogens is 1. The van der Waals surface area contributed by atoms with Gasteiger partial charge in [-0.05, 0) is 25.6 Å². The van der Waals surface area contributed by atoms with Crippen LogP contribution in [0, 0.1) is 12.7 Å². The van der Waals surface area contributed by atoms with Crippen LogP contribution in [0.3, 0.4) is 0 Å². The van der Waals surface area contributed by atoms with Gasteiger partial charge < -0.3 is 10.3 Å². The zero-order valence-corrected chi connectivity index (χ0v) is 12.8. The van der Waals surface area contributed by atoms with Crippen LogP contribution < -0.4 is 5.73 Å². The number of nitrogens with two attached hydrogens (primary N) is 1. The minimum absolute atomic E-state index is 0.0460. The van der Waals surface area contributed by atoms with Gasteiger partial charge in [-0.3, -0.25) is 9.80 Å². The molecular formula is C15H20FN5O. The van der Waals surface area contributed by atoms with Crippen molar-refractivity contribution in [3.63, 3.8) is 0 Å². The van der Waals surface area contributed by atoms with E-state index in [9.17, 15) is 4.39 Å². The van der Waals surface area contributed by atoms with E-state index < -0.39 is 0 Å². The Kier molecular flexibility index (Phi) is 4.08. The number of anilines is 1. The molecular weight excluding hydrogens is 285 g/mol. The number of nitrogens with zero attached hydrogens (tertiary/aromatic N) is 4. The predicted octanol–water partition coefficient (Wildman–Crippen LogP) is 1.59. The second-order valence-electron chi connectivity index (χ2n) is 5.72. The van der Waals surface area contributed by atoms with Gasteiger partial charge in [-0.2, -0.15) is 4.98 Å². The quantitative estimate of drug-likeness (QED) is 0.868. The molecule has 0 unspecified atom stereocenters. The second-order valence-corrected chi connectivity index (χ2v) is 5.72. The van der Waals surface area contributed by atoms with E-state index in [1.807, 2.05) is 13.1 Å². The van der Waals surface area contributed by atoms with E-state index in [2.05, 4.69) is 19.9 Å². The number of rotatable bonds is 3. The first kappa shape index (κ1) is 14.9. The van der Waals surface area contributed by atoms with E-state index in [4.69, 9.17) is 10.3 Å². The average molecular weight is 305 g/mol. The molecule has 1 saturated heterocycles. The Hall–Kier alpha value is -1.99. The Balaban J connectivity index is 1.74. The number of hydrogen-bond acceptors (Lipinski definition) is 6. The maximum Gasteiger partial charge on any atom is 0.245 e. The molecule has 0 bridgehead atoms. The summed E-state index contributed by atoms with van der Waals surface area (Å²) in [5, 5.41) is 3.86. The van der Waals surface area contributed by atoms with Gasteiger partial charge in [-0.25, -0.2) is 4.39 Å². The number of hydrogen-bond donors (Lipinski definition) is 1. The molecule has 3 rings (SSSR count). The van der Waals surface area contributed by atoms with Crippen molar-refractivity contribution in [3.8, 4) is 0 Å². The van der Waals surface area contributed by atoms with E-state index in [0.717, 1.165) is 25.2 Å². The monoisotopic (exact) mass is 305 g/mol. The highest BCUT2D eigenvalue weighted by Crippen LogP contribution is 2.25. The minimum atomic E-state index is -0.365. The Morgan fingerprint density at radius 3 is 2.95 bits per heavy atom. The van der Waals surface area contributed by atoms with E-state index in [1.165, 1.54) is 6.07 Å². The molecule has 22 heavy (non-hydrogen) atoms. The fourth-order valence-electron chi connectivity index (χ4n) is 2.75. The lowest BCUT2D eigenvalue weighted by molar-refractivity contribution is 0.0715. The van der Waals surface area contributed by atoms with Crippen LogP contribution >= 0.6 is 0 Å². The Labute approximate surface area is 128 Å². The van der Waals surface area contributed by atoms with Crippen molar-refractivity contribution in [1.29, 1.82) is 0 Å². The van der Waals surface area contributed by atoms with Gasteiger partial charge in [0.1, 0.15) is 11.9 Å². The highest BCUT2D eigenvalue weighted by molar-refractivity contribution is 5.47.